The van der Waals surface area contributed by atoms with Crippen molar-refractivity contribution in [1.82, 2.24) is 9.13 Å². The molecule has 3 heterocycles. The van der Waals surface area contributed by atoms with Crippen LogP contribution in [-0.2, 0) is 0 Å². The summed E-state index contributed by atoms with van der Waals surface area (Å²) >= 11 is 0. The minimum Gasteiger partial charge on any atom is -0.456 e. The summed E-state index contributed by atoms with van der Waals surface area (Å²) < 4.78 is 11.1. The van der Waals surface area contributed by atoms with E-state index in [4.69, 9.17) is 4.42 Å². The van der Waals surface area contributed by atoms with Crippen LogP contribution < -0.4 is 0 Å². The van der Waals surface area contributed by atoms with Crippen molar-refractivity contribution in [3.63, 3.8) is 0 Å². The van der Waals surface area contributed by atoms with E-state index in [0.29, 0.717) is 0 Å². The summed E-state index contributed by atoms with van der Waals surface area (Å²) in [5, 5.41) is 10.1. The molecule has 0 aliphatic heterocycles. The maximum Gasteiger partial charge on any atom is 0.136 e. The third-order valence-electron chi connectivity index (χ3n) is 10.8. The first-order valence-corrected chi connectivity index (χ1v) is 16.9. The smallest absolute Gasteiger partial charge is 0.136 e. The van der Waals surface area contributed by atoms with Gasteiger partial charge in [-0.1, -0.05) is 97.1 Å². The SMILES string of the molecule is c1cc2c3c(c1)ccc1c3c3c-2cccc3n1-c1ccc(-c2ccc(-n3c4ccccc4c4cc5oc6ccccc6c5cc43)cc2)cc1. The van der Waals surface area contributed by atoms with Crippen LogP contribution in [0.1, 0.15) is 0 Å². The molecule has 12 rings (SSSR count). The first kappa shape index (κ1) is 25.5. The number of hydrogen-bond donors (Lipinski definition) is 0. The molecule has 0 amide bonds. The second-order valence-electron chi connectivity index (χ2n) is 13.3. The third kappa shape index (κ3) is 3.26. The molecule has 1 aliphatic carbocycles. The molecule has 11 aromatic rings. The highest BCUT2D eigenvalue weighted by atomic mass is 16.3. The van der Waals surface area contributed by atoms with E-state index >= 15 is 0 Å². The van der Waals surface area contributed by atoms with Crippen molar-refractivity contribution in [1.29, 1.82) is 0 Å². The maximum atomic E-state index is 6.27. The molecule has 0 saturated heterocycles. The average molecular weight is 623 g/mol. The van der Waals surface area contributed by atoms with Crippen LogP contribution in [0.3, 0.4) is 0 Å². The molecule has 8 aromatic carbocycles. The van der Waals surface area contributed by atoms with Crippen LogP contribution in [0.15, 0.2) is 162 Å². The van der Waals surface area contributed by atoms with Crippen LogP contribution in [0.5, 0.6) is 0 Å². The number of fused-ring (bicyclic) bond motifs is 7. The second-order valence-corrected chi connectivity index (χ2v) is 13.3. The number of para-hydroxylation sites is 2. The van der Waals surface area contributed by atoms with Gasteiger partial charge in [0.15, 0.2) is 0 Å². The largest absolute Gasteiger partial charge is 0.456 e. The molecule has 3 heteroatoms. The van der Waals surface area contributed by atoms with Crippen LogP contribution in [-0.4, -0.2) is 9.13 Å². The number of furan rings is 1. The molecule has 3 nitrogen and oxygen atoms in total. The summed E-state index contributed by atoms with van der Waals surface area (Å²) in [6, 6.07) is 57.4. The summed E-state index contributed by atoms with van der Waals surface area (Å²) in [5.41, 5.74) is 14.2. The molecular formula is C46H26N2O. The number of hydrogen-bond acceptors (Lipinski definition) is 1. The Morgan fingerprint density at radius 3 is 1.78 bits per heavy atom. The van der Waals surface area contributed by atoms with Gasteiger partial charge < -0.3 is 13.6 Å². The molecule has 0 saturated carbocycles. The molecule has 49 heavy (non-hydrogen) atoms. The highest BCUT2D eigenvalue weighted by molar-refractivity contribution is 6.33. The summed E-state index contributed by atoms with van der Waals surface area (Å²) in [5.74, 6) is 0. The molecule has 0 bridgehead atoms. The Bertz CT molecular complexity index is 3190. The van der Waals surface area contributed by atoms with Crippen molar-refractivity contribution in [3.05, 3.63) is 158 Å². The van der Waals surface area contributed by atoms with Gasteiger partial charge in [-0.05, 0) is 93.7 Å². The van der Waals surface area contributed by atoms with Crippen LogP contribution >= 0.6 is 0 Å². The van der Waals surface area contributed by atoms with Gasteiger partial charge in [-0.3, -0.25) is 0 Å². The van der Waals surface area contributed by atoms with E-state index in [-0.39, 0.29) is 0 Å². The standard InChI is InChI=1S/C46H26N2O/c1-3-12-38-32(8-1)36-26-43-37(33-9-2-4-14-42(33)49-43)25-41(36)47(38)30-20-15-27(16-21-30)28-17-22-31(23-18-28)48-39-13-6-11-35-34-10-5-7-29-19-24-40(48)46(44(29)34)45(35)39/h1-26H. The van der Waals surface area contributed by atoms with Gasteiger partial charge in [0, 0.05) is 43.7 Å². The lowest BCUT2D eigenvalue weighted by molar-refractivity contribution is 0.669. The van der Waals surface area contributed by atoms with E-state index in [1.807, 2.05) is 12.1 Å². The van der Waals surface area contributed by atoms with Crippen molar-refractivity contribution in [2.45, 2.75) is 0 Å². The van der Waals surface area contributed by atoms with Gasteiger partial charge in [-0.2, -0.15) is 0 Å². The topological polar surface area (TPSA) is 23.0 Å². The number of benzene rings is 8. The minimum atomic E-state index is 0.921. The van der Waals surface area contributed by atoms with E-state index in [1.54, 1.807) is 0 Å². The fourth-order valence-corrected chi connectivity index (χ4v) is 8.72. The van der Waals surface area contributed by atoms with E-state index in [2.05, 4.69) is 155 Å². The molecule has 0 radical (unpaired) electrons. The molecule has 3 aromatic heterocycles. The van der Waals surface area contributed by atoms with E-state index in [0.717, 1.165) is 27.6 Å². The van der Waals surface area contributed by atoms with Gasteiger partial charge in [0.05, 0.1) is 22.1 Å². The minimum absolute atomic E-state index is 0.921. The zero-order valence-corrected chi connectivity index (χ0v) is 26.3. The molecule has 0 spiro atoms. The Hall–Kier alpha value is -6.58. The van der Waals surface area contributed by atoms with Gasteiger partial charge in [-0.15, -0.1) is 0 Å². The lowest BCUT2D eigenvalue weighted by Gasteiger charge is -2.13. The fourth-order valence-electron chi connectivity index (χ4n) is 8.72. The summed E-state index contributed by atoms with van der Waals surface area (Å²) in [6.07, 6.45) is 0. The van der Waals surface area contributed by atoms with Crippen molar-refractivity contribution in [2.24, 2.45) is 0 Å². The van der Waals surface area contributed by atoms with Crippen molar-refractivity contribution in [3.8, 4) is 33.6 Å². The number of rotatable bonds is 3. The predicted octanol–water partition coefficient (Wildman–Crippen LogP) is 12.6. The zero-order valence-electron chi connectivity index (χ0n) is 26.3. The first-order chi connectivity index (χ1) is 24.3. The van der Waals surface area contributed by atoms with Gasteiger partial charge in [0.1, 0.15) is 11.2 Å². The first-order valence-electron chi connectivity index (χ1n) is 16.9. The quantitative estimate of drug-likeness (QED) is 0.192. The second kappa shape index (κ2) is 9.06. The van der Waals surface area contributed by atoms with E-state index in [1.165, 1.54) is 82.3 Å². The van der Waals surface area contributed by atoms with E-state index < -0.39 is 0 Å². The van der Waals surface area contributed by atoms with Gasteiger partial charge in [0.2, 0.25) is 0 Å². The lowest BCUT2D eigenvalue weighted by Crippen LogP contribution is -1.95. The van der Waals surface area contributed by atoms with Crippen LogP contribution in [0.4, 0.5) is 0 Å². The monoisotopic (exact) mass is 622 g/mol. The molecule has 0 unspecified atom stereocenters. The van der Waals surface area contributed by atoms with Gasteiger partial charge in [-0.25, -0.2) is 0 Å². The highest BCUT2D eigenvalue weighted by Gasteiger charge is 2.24. The highest BCUT2D eigenvalue weighted by Crippen LogP contribution is 2.49. The molecular weight excluding hydrogens is 597 g/mol. The third-order valence-corrected chi connectivity index (χ3v) is 10.8. The molecule has 1 aliphatic rings. The summed E-state index contributed by atoms with van der Waals surface area (Å²) in [6.45, 7) is 0. The van der Waals surface area contributed by atoms with Crippen LogP contribution in [0, 0.1) is 0 Å². The summed E-state index contributed by atoms with van der Waals surface area (Å²) in [7, 11) is 0. The number of nitrogens with zero attached hydrogens (tertiary/aromatic N) is 2. The van der Waals surface area contributed by atoms with E-state index in [9.17, 15) is 0 Å². The van der Waals surface area contributed by atoms with Gasteiger partial charge >= 0.3 is 0 Å². The van der Waals surface area contributed by atoms with Gasteiger partial charge in [0.25, 0.3) is 0 Å². The summed E-state index contributed by atoms with van der Waals surface area (Å²) in [4.78, 5) is 0. The van der Waals surface area contributed by atoms with Crippen LogP contribution in [0.2, 0.25) is 0 Å². The Balaban J connectivity index is 0.970. The predicted molar refractivity (Wildman–Crippen MR) is 204 cm³/mol. The Labute approximate surface area is 280 Å². The Morgan fingerprint density at radius 1 is 0.347 bits per heavy atom. The maximum absolute atomic E-state index is 6.27. The molecule has 0 N–H and O–H groups in total. The fraction of sp³-hybridized carbons (Fsp3) is 0. The Kier molecular flexibility index (Phi) is 4.72. The van der Waals surface area contributed by atoms with Crippen molar-refractivity contribution >= 4 is 76.3 Å². The average Bonchev–Trinajstić information content (AvgIpc) is 3.89. The lowest BCUT2D eigenvalue weighted by atomic mass is 10.0. The van der Waals surface area contributed by atoms with Crippen molar-refractivity contribution < 1.29 is 4.42 Å². The molecule has 0 atom stereocenters. The van der Waals surface area contributed by atoms with Crippen molar-refractivity contribution in [2.75, 3.05) is 0 Å². The number of aromatic nitrogens is 2. The Morgan fingerprint density at radius 2 is 0.980 bits per heavy atom. The normalized spacial score (nSPS) is 12.5. The van der Waals surface area contributed by atoms with Crippen LogP contribution in [0.25, 0.3) is 110 Å². The molecule has 226 valence electrons. The molecule has 0 fully saturated rings. The zero-order chi connectivity index (χ0) is 31.8.